The van der Waals surface area contributed by atoms with Gasteiger partial charge in [-0.1, -0.05) is 6.92 Å². The van der Waals surface area contributed by atoms with Crippen LogP contribution in [0.15, 0.2) is 22.8 Å². The molecular formula is C14H24N2O. The molecule has 1 N–H and O–H groups in total. The van der Waals surface area contributed by atoms with E-state index in [1.54, 1.807) is 6.26 Å². The molecule has 0 aliphatic carbocycles. The summed E-state index contributed by atoms with van der Waals surface area (Å²) in [6.45, 7) is 7.04. The van der Waals surface area contributed by atoms with Crippen LogP contribution in [-0.4, -0.2) is 30.6 Å². The van der Waals surface area contributed by atoms with Crippen molar-refractivity contribution >= 4 is 0 Å². The van der Waals surface area contributed by atoms with Crippen LogP contribution in [-0.2, 0) is 0 Å². The third-order valence-electron chi connectivity index (χ3n) is 4.28. The molecule has 0 radical (unpaired) electrons. The Morgan fingerprint density at radius 2 is 2.18 bits per heavy atom. The summed E-state index contributed by atoms with van der Waals surface area (Å²) in [5.74, 6) is 1.05. The highest BCUT2D eigenvalue weighted by atomic mass is 16.3. The molecule has 1 fully saturated rings. The summed E-state index contributed by atoms with van der Waals surface area (Å²) in [6.07, 6.45) is 5.54. The van der Waals surface area contributed by atoms with E-state index in [-0.39, 0.29) is 11.6 Å². The minimum Gasteiger partial charge on any atom is -0.468 e. The zero-order valence-electron chi connectivity index (χ0n) is 11.2. The van der Waals surface area contributed by atoms with Crippen molar-refractivity contribution in [3.63, 3.8) is 0 Å². The number of nitrogens with zero attached hydrogens (tertiary/aromatic N) is 1. The summed E-state index contributed by atoms with van der Waals surface area (Å²) in [6, 6.07) is 4.31. The quantitative estimate of drug-likeness (QED) is 0.852. The van der Waals surface area contributed by atoms with Crippen LogP contribution in [0.4, 0.5) is 0 Å². The van der Waals surface area contributed by atoms with Gasteiger partial charge in [0.25, 0.3) is 0 Å². The monoisotopic (exact) mass is 236 g/mol. The smallest absolute Gasteiger partial charge is 0.122 e. The maximum atomic E-state index is 5.60. The van der Waals surface area contributed by atoms with Crippen LogP contribution in [0.3, 0.4) is 0 Å². The van der Waals surface area contributed by atoms with Gasteiger partial charge in [-0.3, -0.25) is 4.90 Å². The van der Waals surface area contributed by atoms with Crippen LogP contribution in [0, 0.1) is 0 Å². The molecule has 2 atom stereocenters. The van der Waals surface area contributed by atoms with Crippen molar-refractivity contribution in [1.82, 2.24) is 10.2 Å². The first-order valence-corrected chi connectivity index (χ1v) is 6.68. The Hall–Kier alpha value is -0.800. The van der Waals surface area contributed by atoms with E-state index in [4.69, 9.17) is 4.42 Å². The molecule has 0 amide bonds. The molecule has 0 bridgehead atoms. The van der Waals surface area contributed by atoms with Gasteiger partial charge in [0.1, 0.15) is 5.76 Å². The Labute approximate surface area is 104 Å². The molecule has 2 unspecified atom stereocenters. The van der Waals surface area contributed by atoms with Gasteiger partial charge in [-0.15, -0.1) is 0 Å². The standard InChI is InChI=1S/C14H24N2O/c1-4-14(2,16-9-5-6-10-16)13(15-3)12-8-7-11-17-12/h7-8,11,13,15H,4-6,9-10H2,1-3H3. The summed E-state index contributed by atoms with van der Waals surface area (Å²) >= 11 is 0. The van der Waals surface area contributed by atoms with E-state index in [2.05, 4.69) is 30.1 Å². The lowest BCUT2D eigenvalue weighted by atomic mass is 9.86. The predicted octanol–water partition coefficient (Wildman–Crippen LogP) is 2.80. The molecule has 1 aliphatic heterocycles. The molecular weight excluding hydrogens is 212 g/mol. The molecule has 2 heterocycles. The van der Waals surface area contributed by atoms with Gasteiger partial charge in [0.15, 0.2) is 0 Å². The molecule has 1 aromatic rings. The third-order valence-corrected chi connectivity index (χ3v) is 4.28. The molecule has 2 rings (SSSR count). The Balaban J connectivity index is 2.25. The summed E-state index contributed by atoms with van der Waals surface area (Å²) in [7, 11) is 2.02. The normalized spacial score (nSPS) is 22.5. The van der Waals surface area contributed by atoms with E-state index in [0.717, 1.165) is 12.2 Å². The van der Waals surface area contributed by atoms with E-state index in [9.17, 15) is 0 Å². The second-order valence-corrected chi connectivity index (χ2v) is 5.14. The van der Waals surface area contributed by atoms with Crippen molar-refractivity contribution in [3.8, 4) is 0 Å². The van der Waals surface area contributed by atoms with Crippen molar-refractivity contribution in [3.05, 3.63) is 24.2 Å². The highest BCUT2D eigenvalue weighted by Gasteiger charge is 2.40. The Morgan fingerprint density at radius 1 is 1.47 bits per heavy atom. The average molecular weight is 236 g/mol. The lowest BCUT2D eigenvalue weighted by Gasteiger charge is -2.43. The molecule has 96 valence electrons. The molecule has 0 saturated carbocycles. The minimum absolute atomic E-state index is 0.142. The van der Waals surface area contributed by atoms with Crippen molar-refractivity contribution in [2.45, 2.75) is 44.7 Å². The molecule has 17 heavy (non-hydrogen) atoms. The number of nitrogens with one attached hydrogen (secondary N) is 1. The molecule has 0 spiro atoms. The van der Waals surface area contributed by atoms with Crippen LogP contribution < -0.4 is 5.32 Å². The molecule has 3 nitrogen and oxygen atoms in total. The minimum atomic E-state index is 0.142. The molecule has 1 aliphatic rings. The largest absolute Gasteiger partial charge is 0.468 e. The number of likely N-dealkylation sites (N-methyl/N-ethyl adjacent to an activating group) is 1. The maximum Gasteiger partial charge on any atom is 0.122 e. The van der Waals surface area contributed by atoms with Gasteiger partial charge < -0.3 is 9.73 Å². The third kappa shape index (κ3) is 2.26. The Morgan fingerprint density at radius 3 is 2.65 bits per heavy atom. The van der Waals surface area contributed by atoms with Gasteiger partial charge in [0.2, 0.25) is 0 Å². The van der Waals surface area contributed by atoms with Crippen molar-refractivity contribution in [2.24, 2.45) is 0 Å². The highest BCUT2D eigenvalue weighted by molar-refractivity contribution is 5.12. The number of furan rings is 1. The Kier molecular flexibility index (Phi) is 3.89. The number of rotatable bonds is 5. The first-order chi connectivity index (χ1) is 8.22. The van der Waals surface area contributed by atoms with Crippen molar-refractivity contribution in [2.75, 3.05) is 20.1 Å². The Bertz CT molecular complexity index is 330. The van der Waals surface area contributed by atoms with Crippen LogP contribution >= 0.6 is 0 Å². The fourth-order valence-corrected chi connectivity index (χ4v) is 3.05. The van der Waals surface area contributed by atoms with Gasteiger partial charge in [0, 0.05) is 5.54 Å². The maximum absolute atomic E-state index is 5.60. The highest BCUT2D eigenvalue weighted by Crippen LogP contribution is 2.36. The van der Waals surface area contributed by atoms with Gasteiger partial charge >= 0.3 is 0 Å². The molecule has 1 aromatic heterocycles. The molecule has 0 aromatic carbocycles. The van der Waals surface area contributed by atoms with E-state index >= 15 is 0 Å². The van der Waals surface area contributed by atoms with Crippen molar-refractivity contribution in [1.29, 1.82) is 0 Å². The summed E-state index contributed by atoms with van der Waals surface area (Å²) < 4.78 is 5.60. The van der Waals surface area contributed by atoms with Crippen LogP contribution in [0.5, 0.6) is 0 Å². The van der Waals surface area contributed by atoms with Gasteiger partial charge in [-0.2, -0.15) is 0 Å². The molecule has 1 saturated heterocycles. The zero-order chi connectivity index (χ0) is 12.3. The second-order valence-electron chi connectivity index (χ2n) is 5.14. The van der Waals surface area contributed by atoms with Crippen molar-refractivity contribution < 1.29 is 4.42 Å². The first-order valence-electron chi connectivity index (χ1n) is 6.68. The lowest BCUT2D eigenvalue weighted by Crippen LogP contribution is -2.52. The fraction of sp³-hybridized carbons (Fsp3) is 0.714. The number of hydrogen-bond acceptors (Lipinski definition) is 3. The van der Waals surface area contributed by atoms with Gasteiger partial charge in [0.05, 0.1) is 12.3 Å². The fourth-order valence-electron chi connectivity index (χ4n) is 3.05. The van der Waals surface area contributed by atoms with Crippen LogP contribution in [0.1, 0.15) is 44.9 Å². The first kappa shape index (κ1) is 12.7. The SMILES string of the molecule is CCC(C)(C(NC)c1ccco1)N1CCCC1. The molecule has 3 heteroatoms. The summed E-state index contributed by atoms with van der Waals surface area (Å²) in [5, 5.41) is 3.44. The van der Waals surface area contributed by atoms with Crippen LogP contribution in [0.25, 0.3) is 0 Å². The van der Waals surface area contributed by atoms with Gasteiger partial charge in [-0.25, -0.2) is 0 Å². The van der Waals surface area contributed by atoms with E-state index < -0.39 is 0 Å². The average Bonchev–Trinajstić information content (AvgIpc) is 3.02. The topological polar surface area (TPSA) is 28.4 Å². The van der Waals surface area contributed by atoms with E-state index in [1.165, 1.54) is 25.9 Å². The second kappa shape index (κ2) is 5.23. The van der Waals surface area contributed by atoms with E-state index in [1.807, 2.05) is 13.1 Å². The summed E-state index contributed by atoms with van der Waals surface area (Å²) in [5.41, 5.74) is 0.142. The summed E-state index contributed by atoms with van der Waals surface area (Å²) in [4.78, 5) is 2.61. The number of hydrogen-bond donors (Lipinski definition) is 1. The van der Waals surface area contributed by atoms with Gasteiger partial charge in [-0.05, 0) is 58.5 Å². The van der Waals surface area contributed by atoms with Crippen LogP contribution in [0.2, 0.25) is 0 Å². The predicted molar refractivity (Wildman–Crippen MR) is 70.0 cm³/mol. The lowest BCUT2D eigenvalue weighted by molar-refractivity contribution is 0.0779. The van der Waals surface area contributed by atoms with E-state index in [0.29, 0.717) is 0 Å². The zero-order valence-corrected chi connectivity index (χ0v) is 11.2. The number of likely N-dealkylation sites (tertiary alicyclic amines) is 1.